The summed E-state index contributed by atoms with van der Waals surface area (Å²) in [6.45, 7) is 15.8. The van der Waals surface area contributed by atoms with Gasteiger partial charge in [-0.1, -0.05) is 34.6 Å². The highest BCUT2D eigenvalue weighted by Crippen LogP contribution is 2.42. The number of aromatic nitrogens is 1. The molecule has 1 fully saturated rings. The molecule has 2 atom stereocenters. The zero-order valence-electron chi connectivity index (χ0n) is 21.5. The molecule has 3 rings (SSSR count). The monoisotopic (exact) mass is 486 g/mol. The zero-order chi connectivity index (χ0) is 25.3. The van der Waals surface area contributed by atoms with E-state index in [9.17, 15) is 14.7 Å². The molecule has 1 amide bonds. The predicted octanol–water partition coefficient (Wildman–Crippen LogP) is 5.78. The molecule has 2 heterocycles. The van der Waals surface area contributed by atoms with E-state index in [-0.39, 0.29) is 23.2 Å². The molecule has 1 N–H and O–H groups in total. The van der Waals surface area contributed by atoms with E-state index >= 15 is 0 Å². The van der Waals surface area contributed by atoms with E-state index in [0.717, 1.165) is 21.7 Å². The number of hydrogen-bond acceptors (Lipinski definition) is 5. The van der Waals surface area contributed by atoms with Crippen molar-refractivity contribution in [1.29, 1.82) is 0 Å². The number of likely N-dealkylation sites (tertiary alicyclic amines) is 1. The minimum Gasteiger partial charge on any atom is -0.479 e. The maximum absolute atomic E-state index is 14.2. The van der Waals surface area contributed by atoms with Crippen LogP contribution in [0.25, 0.3) is 10.6 Å². The Bertz CT molecular complexity index is 1030. The minimum absolute atomic E-state index is 0.0167. The van der Waals surface area contributed by atoms with Gasteiger partial charge in [0.2, 0.25) is 0 Å². The number of carbonyl (C=O) groups is 2. The van der Waals surface area contributed by atoms with Gasteiger partial charge in [0.1, 0.15) is 10.5 Å². The average Bonchev–Trinajstić information content (AvgIpc) is 3.39. The summed E-state index contributed by atoms with van der Waals surface area (Å²) in [7, 11) is 0. The number of aryl methyl sites for hydroxylation is 1. The number of nitrogens with zero attached hydrogens (tertiary/aromatic N) is 2. The number of carbonyl (C=O) groups excluding carboxylic acids is 1. The molecule has 186 valence electrons. The number of aliphatic carboxylic acids is 1. The van der Waals surface area contributed by atoms with Crippen molar-refractivity contribution in [2.45, 2.75) is 72.3 Å². The second-order valence-electron chi connectivity index (χ2n) is 10.9. The van der Waals surface area contributed by atoms with Gasteiger partial charge in [-0.2, -0.15) is 0 Å². The van der Waals surface area contributed by atoms with Gasteiger partial charge in [-0.15, -0.1) is 11.3 Å². The van der Waals surface area contributed by atoms with Crippen LogP contribution in [0.3, 0.4) is 0 Å². The Morgan fingerprint density at radius 2 is 2.03 bits per heavy atom. The van der Waals surface area contributed by atoms with Crippen molar-refractivity contribution in [3.05, 3.63) is 40.4 Å². The van der Waals surface area contributed by atoms with E-state index in [0.29, 0.717) is 38.2 Å². The van der Waals surface area contributed by atoms with Crippen molar-refractivity contribution in [3.63, 3.8) is 0 Å². The van der Waals surface area contributed by atoms with Gasteiger partial charge in [0.25, 0.3) is 5.91 Å². The van der Waals surface area contributed by atoms with Crippen LogP contribution in [0.1, 0.15) is 75.9 Å². The quantitative estimate of drug-likeness (QED) is 0.511. The highest BCUT2D eigenvalue weighted by atomic mass is 32.1. The summed E-state index contributed by atoms with van der Waals surface area (Å²) in [5, 5.41) is 13.1. The Morgan fingerprint density at radius 1 is 1.32 bits per heavy atom. The minimum atomic E-state index is -1.25. The Labute approximate surface area is 207 Å². The summed E-state index contributed by atoms with van der Waals surface area (Å²) in [6.07, 6.45) is 2.54. The van der Waals surface area contributed by atoms with Gasteiger partial charge in [0.05, 0.1) is 12.2 Å². The van der Waals surface area contributed by atoms with Crippen molar-refractivity contribution >= 4 is 23.2 Å². The Morgan fingerprint density at radius 3 is 2.56 bits per heavy atom. The standard InChI is InChI=1S/C27H38N2O4S/c1-8-33-16-19-14-27(25(31)32,13-17(2)3)29(15-19)24(30)21-11-18(4)22(26(5,6)7)12-20(21)23-28-9-10-34-23/h9-12,17,19H,8,13-16H2,1-7H3,(H,31,32)/t19-,27-/m0/s1. The third-order valence-corrected chi connectivity index (χ3v) is 7.40. The summed E-state index contributed by atoms with van der Waals surface area (Å²) in [5.41, 5.74) is 2.11. The number of amides is 1. The molecule has 1 aliphatic heterocycles. The van der Waals surface area contributed by atoms with Crippen LogP contribution in [0.4, 0.5) is 0 Å². The second-order valence-corrected chi connectivity index (χ2v) is 11.8. The summed E-state index contributed by atoms with van der Waals surface area (Å²) in [5.74, 6) is -1.07. The smallest absolute Gasteiger partial charge is 0.329 e. The number of hydrogen-bond donors (Lipinski definition) is 1. The largest absolute Gasteiger partial charge is 0.479 e. The lowest BCUT2D eigenvalue weighted by Crippen LogP contribution is -2.54. The SMILES string of the molecule is CCOC[C@@H]1CN(C(=O)c2cc(C)c(C(C)(C)C)cc2-c2nccs2)[C@](CC(C)C)(C(=O)O)C1. The first-order chi connectivity index (χ1) is 15.9. The Balaban J connectivity index is 2.15. The van der Waals surface area contributed by atoms with Gasteiger partial charge in [-0.3, -0.25) is 4.79 Å². The molecular weight excluding hydrogens is 448 g/mol. The van der Waals surface area contributed by atoms with Crippen LogP contribution >= 0.6 is 11.3 Å². The van der Waals surface area contributed by atoms with E-state index in [2.05, 4.69) is 31.8 Å². The molecule has 1 aliphatic rings. The molecule has 0 bridgehead atoms. The molecule has 1 aromatic heterocycles. The molecule has 7 heteroatoms. The highest BCUT2D eigenvalue weighted by molar-refractivity contribution is 7.13. The van der Waals surface area contributed by atoms with Crippen LogP contribution in [0.15, 0.2) is 23.7 Å². The van der Waals surface area contributed by atoms with Crippen molar-refractivity contribution in [3.8, 4) is 10.6 Å². The van der Waals surface area contributed by atoms with Gasteiger partial charge >= 0.3 is 5.97 Å². The fourth-order valence-electron chi connectivity index (χ4n) is 5.29. The van der Waals surface area contributed by atoms with Gasteiger partial charge in [0, 0.05) is 36.2 Å². The Kier molecular flexibility index (Phi) is 7.88. The molecule has 0 unspecified atom stereocenters. The fraction of sp³-hybridized carbons (Fsp3) is 0.593. The first-order valence-electron chi connectivity index (χ1n) is 12.1. The molecule has 1 saturated heterocycles. The van der Waals surface area contributed by atoms with E-state index in [1.54, 1.807) is 11.1 Å². The van der Waals surface area contributed by atoms with Crippen LogP contribution in [-0.4, -0.2) is 52.2 Å². The number of rotatable bonds is 8. The summed E-state index contributed by atoms with van der Waals surface area (Å²) >= 11 is 1.49. The lowest BCUT2D eigenvalue weighted by molar-refractivity contribution is -0.149. The fourth-order valence-corrected chi connectivity index (χ4v) is 5.96. The van der Waals surface area contributed by atoms with Gasteiger partial charge in [-0.25, -0.2) is 9.78 Å². The zero-order valence-corrected chi connectivity index (χ0v) is 22.3. The van der Waals surface area contributed by atoms with Crippen molar-refractivity contribution < 1.29 is 19.4 Å². The van der Waals surface area contributed by atoms with E-state index < -0.39 is 11.5 Å². The normalized spacial score (nSPS) is 20.8. The summed E-state index contributed by atoms with van der Waals surface area (Å²) < 4.78 is 5.64. The van der Waals surface area contributed by atoms with Crippen molar-refractivity contribution in [2.75, 3.05) is 19.8 Å². The average molecular weight is 487 g/mol. The topological polar surface area (TPSA) is 79.7 Å². The Hall–Kier alpha value is -2.25. The second kappa shape index (κ2) is 10.2. The number of benzene rings is 1. The first-order valence-corrected chi connectivity index (χ1v) is 13.0. The molecule has 0 saturated carbocycles. The molecule has 0 radical (unpaired) electrons. The maximum atomic E-state index is 14.2. The van der Waals surface area contributed by atoms with Crippen LogP contribution in [0, 0.1) is 18.8 Å². The maximum Gasteiger partial charge on any atom is 0.329 e. The molecular formula is C27H38N2O4S. The molecule has 1 aromatic carbocycles. The number of ether oxygens (including phenoxy) is 1. The van der Waals surface area contributed by atoms with Crippen LogP contribution < -0.4 is 0 Å². The number of carboxylic acid groups (broad SMARTS) is 1. The van der Waals surface area contributed by atoms with E-state index in [4.69, 9.17) is 4.74 Å². The van der Waals surface area contributed by atoms with Crippen LogP contribution in [-0.2, 0) is 14.9 Å². The summed E-state index contributed by atoms with van der Waals surface area (Å²) in [6, 6.07) is 4.00. The number of thiazole rings is 1. The van der Waals surface area contributed by atoms with Gasteiger partial charge in [0.15, 0.2) is 0 Å². The van der Waals surface area contributed by atoms with Crippen molar-refractivity contribution in [2.24, 2.45) is 11.8 Å². The molecule has 0 aliphatic carbocycles. The molecule has 34 heavy (non-hydrogen) atoms. The lowest BCUT2D eigenvalue weighted by Gasteiger charge is -2.36. The van der Waals surface area contributed by atoms with Crippen molar-refractivity contribution in [1.82, 2.24) is 9.88 Å². The van der Waals surface area contributed by atoms with Gasteiger partial charge in [-0.05, 0) is 61.3 Å². The molecule has 6 nitrogen and oxygen atoms in total. The summed E-state index contributed by atoms with van der Waals surface area (Å²) in [4.78, 5) is 33.0. The molecule has 0 spiro atoms. The first kappa shape index (κ1) is 26.4. The van der Waals surface area contributed by atoms with Gasteiger partial charge < -0.3 is 14.7 Å². The van der Waals surface area contributed by atoms with Crippen LogP contribution in [0.5, 0.6) is 0 Å². The third kappa shape index (κ3) is 5.20. The molecule has 2 aromatic rings. The number of carboxylic acids is 1. The van der Waals surface area contributed by atoms with Crippen LogP contribution in [0.2, 0.25) is 0 Å². The highest BCUT2D eigenvalue weighted by Gasteiger charge is 2.54. The van der Waals surface area contributed by atoms with E-state index in [1.807, 2.05) is 39.1 Å². The lowest BCUT2D eigenvalue weighted by atomic mass is 9.81. The predicted molar refractivity (Wildman–Crippen MR) is 136 cm³/mol. The van der Waals surface area contributed by atoms with E-state index in [1.165, 1.54) is 11.3 Å². The third-order valence-electron chi connectivity index (χ3n) is 6.60.